The molecule has 6 nitrogen and oxygen atoms in total. The quantitative estimate of drug-likeness (QED) is 0.734. The summed E-state index contributed by atoms with van der Waals surface area (Å²) < 4.78 is 37.1. The lowest BCUT2D eigenvalue weighted by Gasteiger charge is -2.06. The summed E-state index contributed by atoms with van der Waals surface area (Å²) in [7, 11) is -0.815. The molecule has 0 aliphatic heterocycles. The first-order valence-corrected chi connectivity index (χ1v) is 8.34. The van der Waals surface area contributed by atoms with Crippen LogP contribution in [0.5, 0.6) is 11.6 Å². The van der Waals surface area contributed by atoms with Crippen molar-refractivity contribution in [2.45, 2.75) is 11.8 Å². The number of nitrogens with zero attached hydrogens (tertiary/aromatic N) is 2. The molecule has 0 bridgehead atoms. The van der Waals surface area contributed by atoms with Crippen molar-refractivity contribution in [1.29, 1.82) is 0 Å². The normalized spacial score (nSPS) is 11.6. The van der Waals surface area contributed by atoms with Gasteiger partial charge < -0.3 is 9.47 Å². The summed E-state index contributed by atoms with van der Waals surface area (Å²) in [5.74, 6) is 0.831. The lowest BCUT2D eigenvalue weighted by atomic mass is 10.2. The highest BCUT2D eigenvalue weighted by atomic mass is 32.2. The monoisotopic (exact) mass is 332 g/mol. The smallest absolute Gasteiger partial charge is 0.283 e. The van der Waals surface area contributed by atoms with Crippen molar-refractivity contribution in [2.24, 2.45) is 0 Å². The molecule has 7 heteroatoms. The van der Waals surface area contributed by atoms with Crippen molar-refractivity contribution in [1.82, 2.24) is 9.19 Å². The Hall–Kier alpha value is -2.54. The van der Waals surface area contributed by atoms with Gasteiger partial charge in [-0.25, -0.2) is 0 Å². The maximum absolute atomic E-state index is 12.9. The predicted octanol–water partition coefficient (Wildman–Crippen LogP) is 2.60. The molecule has 3 aromatic rings. The molecular formula is C16H16N2O4S. The van der Waals surface area contributed by atoms with Crippen LogP contribution in [0.3, 0.4) is 0 Å². The topological polar surface area (TPSA) is 70.4 Å². The van der Waals surface area contributed by atoms with E-state index in [-0.39, 0.29) is 10.8 Å². The van der Waals surface area contributed by atoms with Gasteiger partial charge in [0.25, 0.3) is 10.0 Å². The molecule has 0 unspecified atom stereocenters. The van der Waals surface area contributed by atoms with E-state index in [0.29, 0.717) is 16.7 Å². The van der Waals surface area contributed by atoms with Crippen LogP contribution in [0, 0.1) is 6.92 Å². The van der Waals surface area contributed by atoms with Gasteiger partial charge in [0.2, 0.25) is 5.88 Å². The second kappa shape index (κ2) is 5.58. The third kappa shape index (κ3) is 2.53. The first-order chi connectivity index (χ1) is 11.0. The number of benzene rings is 2. The molecule has 0 radical (unpaired) electrons. The first-order valence-electron chi connectivity index (χ1n) is 6.90. The maximum atomic E-state index is 12.9. The fourth-order valence-electron chi connectivity index (χ4n) is 2.31. The van der Waals surface area contributed by atoms with Gasteiger partial charge in [-0.15, -0.1) is 9.19 Å². The molecule has 0 fully saturated rings. The average molecular weight is 332 g/mol. The number of aromatic nitrogens is 2. The number of hydrogen-bond donors (Lipinski definition) is 0. The zero-order valence-corrected chi connectivity index (χ0v) is 13.8. The van der Waals surface area contributed by atoms with Crippen molar-refractivity contribution in [2.75, 3.05) is 14.2 Å². The molecule has 0 saturated heterocycles. The minimum atomic E-state index is -3.81. The fraction of sp³-hybridized carbons (Fsp3) is 0.188. The van der Waals surface area contributed by atoms with Gasteiger partial charge in [-0.3, -0.25) is 0 Å². The number of rotatable bonds is 4. The Bertz CT molecular complexity index is 960. The van der Waals surface area contributed by atoms with Crippen molar-refractivity contribution >= 4 is 20.9 Å². The van der Waals surface area contributed by atoms with Crippen LogP contribution in [0.4, 0.5) is 0 Å². The summed E-state index contributed by atoms with van der Waals surface area (Å²) >= 11 is 0. The Morgan fingerprint density at radius 1 is 1.00 bits per heavy atom. The third-order valence-electron chi connectivity index (χ3n) is 3.56. The summed E-state index contributed by atoms with van der Waals surface area (Å²) in [6, 6.07) is 11.7. The Kier molecular flexibility index (Phi) is 3.73. The van der Waals surface area contributed by atoms with Crippen LogP contribution in [0.15, 0.2) is 47.4 Å². The molecule has 23 heavy (non-hydrogen) atoms. The van der Waals surface area contributed by atoms with Crippen LogP contribution in [-0.4, -0.2) is 31.8 Å². The summed E-state index contributed by atoms with van der Waals surface area (Å²) in [6.45, 7) is 1.90. The lowest BCUT2D eigenvalue weighted by Crippen LogP contribution is -2.14. The Labute approximate surface area is 134 Å². The summed E-state index contributed by atoms with van der Waals surface area (Å²) in [5.41, 5.74) is 1.42. The van der Waals surface area contributed by atoms with E-state index < -0.39 is 10.0 Å². The molecule has 0 spiro atoms. The van der Waals surface area contributed by atoms with Gasteiger partial charge in [0, 0.05) is 0 Å². The van der Waals surface area contributed by atoms with E-state index in [2.05, 4.69) is 5.10 Å². The van der Waals surface area contributed by atoms with E-state index >= 15 is 0 Å². The Morgan fingerprint density at radius 3 is 2.30 bits per heavy atom. The van der Waals surface area contributed by atoms with Crippen molar-refractivity contribution in [3.05, 3.63) is 48.0 Å². The summed E-state index contributed by atoms with van der Waals surface area (Å²) in [4.78, 5) is 0.172. The third-order valence-corrected chi connectivity index (χ3v) is 5.16. The standard InChI is InChI=1S/C16H16N2O4S/c1-11-4-7-13(8-5-11)23(19,20)18-15-9-6-12(21-2)10-14(15)16(17-18)22-3/h4-10H,1-3H3. The van der Waals surface area contributed by atoms with Gasteiger partial charge in [0.15, 0.2) is 0 Å². The van der Waals surface area contributed by atoms with Crippen LogP contribution in [0.2, 0.25) is 0 Å². The molecule has 120 valence electrons. The number of ether oxygens (including phenoxy) is 2. The van der Waals surface area contributed by atoms with E-state index in [9.17, 15) is 8.42 Å². The van der Waals surface area contributed by atoms with Gasteiger partial charge in [-0.2, -0.15) is 8.42 Å². The Morgan fingerprint density at radius 2 is 1.70 bits per heavy atom. The zero-order valence-electron chi connectivity index (χ0n) is 13.0. The molecule has 3 rings (SSSR count). The lowest BCUT2D eigenvalue weighted by molar-refractivity contribution is 0.398. The highest BCUT2D eigenvalue weighted by Gasteiger charge is 2.23. The summed E-state index contributed by atoms with van der Waals surface area (Å²) in [6.07, 6.45) is 0. The Balaban J connectivity index is 2.25. The van der Waals surface area contributed by atoms with E-state index in [0.717, 1.165) is 9.65 Å². The van der Waals surface area contributed by atoms with Crippen LogP contribution < -0.4 is 9.47 Å². The van der Waals surface area contributed by atoms with E-state index in [1.54, 1.807) is 49.6 Å². The molecule has 1 aromatic heterocycles. The van der Waals surface area contributed by atoms with Crippen LogP contribution in [-0.2, 0) is 10.0 Å². The number of methoxy groups -OCH3 is 2. The van der Waals surface area contributed by atoms with Crippen LogP contribution in [0.25, 0.3) is 10.9 Å². The van der Waals surface area contributed by atoms with Gasteiger partial charge >= 0.3 is 0 Å². The van der Waals surface area contributed by atoms with Gasteiger partial charge in [0.1, 0.15) is 5.75 Å². The molecule has 1 heterocycles. The molecular weight excluding hydrogens is 316 g/mol. The molecule has 0 saturated carbocycles. The van der Waals surface area contributed by atoms with Gasteiger partial charge in [-0.1, -0.05) is 17.7 Å². The number of hydrogen-bond acceptors (Lipinski definition) is 5. The van der Waals surface area contributed by atoms with E-state index in [1.807, 2.05) is 6.92 Å². The highest BCUT2D eigenvalue weighted by molar-refractivity contribution is 7.90. The minimum absolute atomic E-state index is 0.172. The largest absolute Gasteiger partial charge is 0.497 e. The number of fused-ring (bicyclic) bond motifs is 1. The molecule has 2 aromatic carbocycles. The fourth-order valence-corrected chi connectivity index (χ4v) is 3.59. The minimum Gasteiger partial charge on any atom is -0.497 e. The van der Waals surface area contributed by atoms with Gasteiger partial charge in [-0.05, 0) is 37.3 Å². The highest BCUT2D eigenvalue weighted by Crippen LogP contribution is 2.31. The average Bonchev–Trinajstić information content (AvgIpc) is 2.93. The predicted molar refractivity (Wildman–Crippen MR) is 86.6 cm³/mol. The maximum Gasteiger partial charge on any atom is 0.283 e. The molecule has 0 amide bonds. The summed E-state index contributed by atoms with van der Waals surface area (Å²) in [5, 5.41) is 4.68. The van der Waals surface area contributed by atoms with Crippen molar-refractivity contribution < 1.29 is 17.9 Å². The zero-order chi connectivity index (χ0) is 16.6. The molecule has 0 atom stereocenters. The first kappa shape index (κ1) is 15.4. The van der Waals surface area contributed by atoms with E-state index in [4.69, 9.17) is 9.47 Å². The molecule has 0 aliphatic carbocycles. The van der Waals surface area contributed by atoms with Crippen LogP contribution in [0.1, 0.15) is 5.56 Å². The molecule has 0 N–H and O–H groups in total. The van der Waals surface area contributed by atoms with Gasteiger partial charge in [0.05, 0.1) is 30.0 Å². The van der Waals surface area contributed by atoms with Crippen molar-refractivity contribution in [3.63, 3.8) is 0 Å². The van der Waals surface area contributed by atoms with Crippen molar-refractivity contribution in [3.8, 4) is 11.6 Å². The van der Waals surface area contributed by atoms with Crippen LogP contribution >= 0.6 is 0 Å². The second-order valence-electron chi connectivity index (χ2n) is 5.05. The second-order valence-corrected chi connectivity index (χ2v) is 6.82. The molecule has 0 aliphatic rings. The van der Waals surface area contributed by atoms with E-state index in [1.165, 1.54) is 7.11 Å². The SMILES string of the molecule is COc1ccc2c(c1)c(OC)nn2S(=O)(=O)c1ccc(C)cc1. The number of aryl methyl sites for hydroxylation is 1.